The van der Waals surface area contributed by atoms with Crippen molar-refractivity contribution in [2.24, 2.45) is 5.92 Å². The molecule has 19 heavy (non-hydrogen) atoms. The predicted octanol–water partition coefficient (Wildman–Crippen LogP) is 1.83. The van der Waals surface area contributed by atoms with Crippen molar-refractivity contribution >= 4 is 0 Å². The highest BCUT2D eigenvalue weighted by Crippen LogP contribution is 2.31. The minimum Gasteiger partial charge on any atom is -0.488 e. The van der Waals surface area contributed by atoms with Crippen molar-refractivity contribution in [3.8, 4) is 5.75 Å². The molecule has 2 aliphatic heterocycles. The van der Waals surface area contributed by atoms with Crippen molar-refractivity contribution in [3.05, 3.63) is 29.6 Å². The van der Waals surface area contributed by atoms with Gasteiger partial charge in [0.15, 0.2) is 0 Å². The SMILES string of the molecule is CC1CCN(CC2Cc3cc(F)ccc3O2)C1CO. The maximum atomic E-state index is 13.2. The number of aliphatic hydroxyl groups excluding tert-OH is 1. The van der Waals surface area contributed by atoms with Gasteiger partial charge in [-0.05, 0) is 37.1 Å². The third-order valence-electron chi connectivity index (χ3n) is 4.39. The zero-order valence-corrected chi connectivity index (χ0v) is 11.2. The fourth-order valence-corrected chi connectivity index (χ4v) is 3.26. The first-order valence-corrected chi connectivity index (χ1v) is 6.97. The average Bonchev–Trinajstić information content (AvgIpc) is 2.92. The molecule has 2 aliphatic rings. The highest BCUT2D eigenvalue weighted by Gasteiger charge is 2.34. The van der Waals surface area contributed by atoms with E-state index in [2.05, 4.69) is 11.8 Å². The molecular formula is C15H20FNO2. The third kappa shape index (κ3) is 2.47. The van der Waals surface area contributed by atoms with E-state index in [0.717, 1.165) is 37.2 Å². The lowest BCUT2D eigenvalue weighted by atomic mass is 10.0. The Morgan fingerprint density at radius 3 is 3.11 bits per heavy atom. The summed E-state index contributed by atoms with van der Waals surface area (Å²) in [6.45, 7) is 4.21. The van der Waals surface area contributed by atoms with E-state index >= 15 is 0 Å². The summed E-state index contributed by atoms with van der Waals surface area (Å²) >= 11 is 0. The van der Waals surface area contributed by atoms with Gasteiger partial charge in [-0.3, -0.25) is 4.90 Å². The standard InChI is InChI=1S/C15H20FNO2/c1-10-4-5-17(14(10)9-18)8-13-7-11-6-12(16)2-3-15(11)19-13/h2-3,6,10,13-14,18H,4-5,7-9H2,1H3. The molecule has 1 N–H and O–H groups in total. The molecule has 3 atom stereocenters. The number of fused-ring (bicyclic) bond motifs is 1. The Bertz CT molecular complexity index is 465. The molecule has 1 fully saturated rings. The molecule has 0 bridgehead atoms. The van der Waals surface area contributed by atoms with Crippen LogP contribution in [0.2, 0.25) is 0 Å². The lowest BCUT2D eigenvalue weighted by molar-refractivity contribution is 0.0973. The van der Waals surface area contributed by atoms with E-state index in [1.807, 2.05) is 0 Å². The van der Waals surface area contributed by atoms with E-state index in [4.69, 9.17) is 4.74 Å². The summed E-state index contributed by atoms with van der Waals surface area (Å²) in [5.41, 5.74) is 0.956. The summed E-state index contributed by atoms with van der Waals surface area (Å²) < 4.78 is 19.0. The third-order valence-corrected chi connectivity index (χ3v) is 4.39. The van der Waals surface area contributed by atoms with Gasteiger partial charge in [0, 0.05) is 24.6 Å². The van der Waals surface area contributed by atoms with Gasteiger partial charge in [-0.2, -0.15) is 0 Å². The van der Waals surface area contributed by atoms with Gasteiger partial charge in [-0.1, -0.05) is 6.92 Å². The predicted molar refractivity (Wildman–Crippen MR) is 70.7 cm³/mol. The first-order valence-electron chi connectivity index (χ1n) is 6.97. The number of hydrogen-bond donors (Lipinski definition) is 1. The van der Waals surface area contributed by atoms with Crippen LogP contribution in [-0.2, 0) is 6.42 Å². The van der Waals surface area contributed by atoms with Crippen molar-refractivity contribution in [3.63, 3.8) is 0 Å². The number of rotatable bonds is 3. The van der Waals surface area contributed by atoms with Gasteiger partial charge in [0.25, 0.3) is 0 Å². The highest BCUT2D eigenvalue weighted by atomic mass is 19.1. The lowest BCUT2D eigenvalue weighted by Crippen LogP contribution is -2.41. The number of hydrogen-bond acceptors (Lipinski definition) is 3. The molecular weight excluding hydrogens is 245 g/mol. The second kappa shape index (κ2) is 5.10. The van der Waals surface area contributed by atoms with Crippen LogP contribution >= 0.6 is 0 Å². The Labute approximate surface area is 113 Å². The molecule has 0 aliphatic carbocycles. The average molecular weight is 265 g/mol. The summed E-state index contributed by atoms with van der Waals surface area (Å²) in [5, 5.41) is 9.46. The molecule has 0 aromatic heterocycles. The van der Waals surface area contributed by atoms with Crippen molar-refractivity contribution < 1.29 is 14.2 Å². The Balaban J connectivity index is 1.64. The second-order valence-corrected chi connectivity index (χ2v) is 5.71. The number of likely N-dealkylation sites (tertiary alicyclic amines) is 1. The van der Waals surface area contributed by atoms with E-state index in [1.54, 1.807) is 12.1 Å². The van der Waals surface area contributed by atoms with E-state index in [9.17, 15) is 9.50 Å². The Morgan fingerprint density at radius 1 is 1.47 bits per heavy atom. The molecule has 0 saturated carbocycles. The van der Waals surface area contributed by atoms with E-state index in [1.165, 1.54) is 6.07 Å². The fraction of sp³-hybridized carbons (Fsp3) is 0.600. The monoisotopic (exact) mass is 265 g/mol. The Kier molecular flexibility index (Phi) is 3.46. The second-order valence-electron chi connectivity index (χ2n) is 5.71. The van der Waals surface area contributed by atoms with Crippen LogP contribution in [0.4, 0.5) is 4.39 Å². The zero-order chi connectivity index (χ0) is 13.4. The van der Waals surface area contributed by atoms with Crippen LogP contribution in [0.5, 0.6) is 5.75 Å². The van der Waals surface area contributed by atoms with Crippen LogP contribution in [0.1, 0.15) is 18.9 Å². The Morgan fingerprint density at radius 2 is 2.32 bits per heavy atom. The molecule has 3 rings (SSSR count). The molecule has 4 heteroatoms. The van der Waals surface area contributed by atoms with Crippen LogP contribution in [0.15, 0.2) is 18.2 Å². The molecule has 2 heterocycles. The number of benzene rings is 1. The van der Waals surface area contributed by atoms with Crippen LogP contribution < -0.4 is 4.74 Å². The summed E-state index contributed by atoms with van der Waals surface area (Å²) in [7, 11) is 0. The summed E-state index contributed by atoms with van der Waals surface area (Å²) in [6, 6.07) is 4.95. The molecule has 3 unspecified atom stereocenters. The smallest absolute Gasteiger partial charge is 0.123 e. The maximum Gasteiger partial charge on any atom is 0.123 e. The van der Waals surface area contributed by atoms with E-state index in [0.29, 0.717) is 5.92 Å². The number of halogens is 1. The van der Waals surface area contributed by atoms with Crippen molar-refractivity contribution in [1.82, 2.24) is 4.90 Å². The number of aliphatic hydroxyl groups is 1. The summed E-state index contributed by atoms with van der Waals surface area (Å²) in [4.78, 5) is 2.30. The van der Waals surface area contributed by atoms with Gasteiger partial charge in [-0.25, -0.2) is 4.39 Å². The van der Waals surface area contributed by atoms with Crippen molar-refractivity contribution in [2.75, 3.05) is 19.7 Å². The molecule has 1 saturated heterocycles. The molecule has 104 valence electrons. The molecule has 0 amide bonds. The highest BCUT2D eigenvalue weighted by molar-refractivity contribution is 5.37. The molecule has 1 aromatic rings. The molecule has 0 spiro atoms. The minimum atomic E-state index is -0.203. The molecule has 1 aromatic carbocycles. The largest absolute Gasteiger partial charge is 0.488 e. The zero-order valence-electron chi connectivity index (χ0n) is 11.2. The maximum absolute atomic E-state index is 13.2. The normalized spacial score (nSPS) is 30.4. The Hall–Kier alpha value is -1.13. The molecule has 3 nitrogen and oxygen atoms in total. The fourth-order valence-electron chi connectivity index (χ4n) is 3.26. The van der Waals surface area contributed by atoms with Gasteiger partial charge in [-0.15, -0.1) is 0 Å². The first kappa shape index (κ1) is 12.9. The van der Waals surface area contributed by atoms with Crippen molar-refractivity contribution in [1.29, 1.82) is 0 Å². The first-order chi connectivity index (χ1) is 9.17. The summed E-state index contributed by atoms with van der Waals surface area (Å²) in [5.74, 6) is 1.14. The summed E-state index contributed by atoms with van der Waals surface area (Å²) in [6.07, 6.45) is 1.96. The molecule has 0 radical (unpaired) electrons. The van der Waals surface area contributed by atoms with E-state index < -0.39 is 0 Å². The van der Waals surface area contributed by atoms with Crippen LogP contribution in [0.3, 0.4) is 0 Å². The van der Waals surface area contributed by atoms with Crippen LogP contribution in [0, 0.1) is 11.7 Å². The van der Waals surface area contributed by atoms with Gasteiger partial charge in [0.2, 0.25) is 0 Å². The van der Waals surface area contributed by atoms with Gasteiger partial charge < -0.3 is 9.84 Å². The number of ether oxygens (including phenoxy) is 1. The van der Waals surface area contributed by atoms with Gasteiger partial charge >= 0.3 is 0 Å². The van der Waals surface area contributed by atoms with E-state index in [-0.39, 0.29) is 24.6 Å². The van der Waals surface area contributed by atoms with Gasteiger partial charge in [0.1, 0.15) is 17.7 Å². The quantitative estimate of drug-likeness (QED) is 0.905. The minimum absolute atomic E-state index is 0.0798. The van der Waals surface area contributed by atoms with Crippen LogP contribution in [0.25, 0.3) is 0 Å². The van der Waals surface area contributed by atoms with Crippen LogP contribution in [-0.4, -0.2) is 41.8 Å². The lowest BCUT2D eigenvalue weighted by Gasteiger charge is -2.27. The number of nitrogens with zero attached hydrogens (tertiary/aromatic N) is 1. The topological polar surface area (TPSA) is 32.7 Å². The van der Waals surface area contributed by atoms with Crippen molar-refractivity contribution in [2.45, 2.75) is 31.9 Å². The van der Waals surface area contributed by atoms with Gasteiger partial charge in [0.05, 0.1) is 6.61 Å².